The van der Waals surface area contributed by atoms with Gasteiger partial charge in [0, 0.05) is 56.0 Å². The van der Waals surface area contributed by atoms with Crippen LogP contribution in [-0.4, -0.2) is 84.9 Å². The molecule has 0 radical (unpaired) electrons. The first-order valence-electron chi connectivity index (χ1n) is 17.0. The van der Waals surface area contributed by atoms with Crippen LogP contribution >= 0.6 is 0 Å². The smallest absolute Gasteiger partial charge is 0.307 e. The fourth-order valence-electron chi connectivity index (χ4n) is 7.65. The largest absolute Gasteiger partial charge is 0.466 e. The Balaban J connectivity index is 1.05. The van der Waals surface area contributed by atoms with Crippen molar-refractivity contribution in [2.75, 3.05) is 32.8 Å². The van der Waals surface area contributed by atoms with Gasteiger partial charge in [0.1, 0.15) is 11.6 Å². The van der Waals surface area contributed by atoms with E-state index in [1.165, 1.54) is 76.6 Å². The standard InChI is InChI=1S/C35H49N7O3/c1-2-45-33(43)12-19-41-23-18-38-32(41)26-42(25-31-36-16-17-37-31)34(44)29-10-8-28(9-11-29)24-39-20-13-35(27-39)14-21-40(22-15-35)30-6-4-3-5-7-30/h8-11,16-18,23,30H,2-7,12-15,19-22,24-27H2,1H3,(H,36,37). The molecular weight excluding hydrogens is 566 g/mol. The van der Waals surface area contributed by atoms with Crippen molar-refractivity contribution in [3.8, 4) is 0 Å². The van der Waals surface area contributed by atoms with E-state index in [1.807, 2.05) is 22.9 Å². The van der Waals surface area contributed by atoms with Gasteiger partial charge in [0.15, 0.2) is 0 Å². The molecule has 2 aromatic heterocycles. The number of ether oxygens (including phenoxy) is 1. The molecule has 10 nitrogen and oxygen atoms in total. The molecule has 1 spiro atoms. The molecule has 10 heteroatoms. The van der Waals surface area contributed by atoms with Crippen LogP contribution in [0.2, 0.25) is 0 Å². The molecular formula is C35H49N7O3. The van der Waals surface area contributed by atoms with E-state index < -0.39 is 0 Å². The monoisotopic (exact) mass is 615 g/mol. The number of aryl methyl sites for hydroxylation is 1. The lowest BCUT2D eigenvalue weighted by Crippen LogP contribution is -2.46. The van der Waals surface area contributed by atoms with E-state index in [0.717, 1.165) is 19.1 Å². The van der Waals surface area contributed by atoms with Gasteiger partial charge in [-0.05, 0) is 81.8 Å². The van der Waals surface area contributed by atoms with Crippen molar-refractivity contribution in [3.05, 3.63) is 71.8 Å². The van der Waals surface area contributed by atoms with Crippen molar-refractivity contribution >= 4 is 11.9 Å². The van der Waals surface area contributed by atoms with Crippen LogP contribution in [0.5, 0.6) is 0 Å². The van der Waals surface area contributed by atoms with Crippen LogP contribution in [0.1, 0.15) is 92.3 Å². The maximum Gasteiger partial charge on any atom is 0.307 e. The van der Waals surface area contributed by atoms with E-state index in [4.69, 9.17) is 4.74 Å². The Morgan fingerprint density at radius 1 is 1.00 bits per heavy atom. The summed E-state index contributed by atoms with van der Waals surface area (Å²) in [4.78, 5) is 44.9. The zero-order valence-corrected chi connectivity index (χ0v) is 26.8. The van der Waals surface area contributed by atoms with E-state index in [2.05, 4.69) is 36.9 Å². The first-order valence-corrected chi connectivity index (χ1v) is 17.0. The predicted molar refractivity (Wildman–Crippen MR) is 172 cm³/mol. The van der Waals surface area contributed by atoms with Gasteiger partial charge < -0.3 is 24.1 Å². The second-order valence-electron chi connectivity index (χ2n) is 13.3. The molecule has 1 saturated carbocycles. The highest BCUT2D eigenvalue weighted by Crippen LogP contribution is 2.42. The van der Waals surface area contributed by atoms with Gasteiger partial charge in [-0.25, -0.2) is 9.97 Å². The number of carbonyl (C=O) groups excluding carboxylic acids is 2. The number of benzene rings is 1. The summed E-state index contributed by atoms with van der Waals surface area (Å²) in [6.07, 6.45) is 18.3. The van der Waals surface area contributed by atoms with Crippen molar-refractivity contribution in [3.63, 3.8) is 0 Å². The number of hydrogen-bond acceptors (Lipinski definition) is 7. The van der Waals surface area contributed by atoms with Gasteiger partial charge >= 0.3 is 5.97 Å². The lowest BCUT2D eigenvalue weighted by Gasteiger charge is -2.43. The predicted octanol–water partition coefficient (Wildman–Crippen LogP) is 5.02. The molecule has 1 amide bonds. The third-order valence-corrected chi connectivity index (χ3v) is 10.3. The number of nitrogens with zero attached hydrogens (tertiary/aromatic N) is 6. The first kappa shape index (κ1) is 31.5. The Morgan fingerprint density at radius 2 is 1.78 bits per heavy atom. The lowest BCUT2D eigenvalue weighted by atomic mass is 9.77. The maximum atomic E-state index is 13.8. The molecule has 1 aliphatic carbocycles. The SMILES string of the molecule is CCOC(=O)CCn1ccnc1CN(Cc1ncc[nH]1)C(=O)c1ccc(CN2CCC3(CCN(C4CCCCC4)CC3)C2)cc1. The van der Waals surface area contributed by atoms with Crippen LogP contribution in [0.3, 0.4) is 0 Å². The molecule has 4 heterocycles. The highest BCUT2D eigenvalue weighted by Gasteiger charge is 2.41. The number of imidazole rings is 2. The summed E-state index contributed by atoms with van der Waals surface area (Å²) in [5.41, 5.74) is 2.37. The third-order valence-electron chi connectivity index (χ3n) is 10.3. The fraction of sp³-hybridized carbons (Fsp3) is 0.600. The Labute approximate surface area is 267 Å². The molecule has 3 aliphatic rings. The molecule has 0 bridgehead atoms. The number of amides is 1. The molecule has 6 rings (SSSR count). The van der Waals surface area contributed by atoms with E-state index in [1.54, 1.807) is 30.4 Å². The van der Waals surface area contributed by atoms with Crippen LogP contribution in [0.15, 0.2) is 49.1 Å². The summed E-state index contributed by atoms with van der Waals surface area (Å²) in [5.74, 6) is 1.09. The number of piperidine rings is 1. The molecule has 3 fully saturated rings. The topological polar surface area (TPSA) is 99.6 Å². The molecule has 2 aliphatic heterocycles. The van der Waals surface area contributed by atoms with Gasteiger partial charge in [-0.3, -0.25) is 14.5 Å². The Kier molecular flexibility index (Phi) is 10.3. The molecule has 2 saturated heterocycles. The van der Waals surface area contributed by atoms with Gasteiger partial charge in [-0.15, -0.1) is 0 Å². The number of esters is 1. The maximum absolute atomic E-state index is 13.8. The number of likely N-dealkylation sites (tertiary alicyclic amines) is 2. The van der Waals surface area contributed by atoms with Gasteiger partial charge in [-0.2, -0.15) is 0 Å². The Hall–Kier alpha value is -3.50. The van der Waals surface area contributed by atoms with E-state index in [9.17, 15) is 9.59 Å². The van der Waals surface area contributed by atoms with E-state index in [-0.39, 0.29) is 18.3 Å². The number of rotatable bonds is 12. The van der Waals surface area contributed by atoms with Crippen molar-refractivity contribution in [2.45, 2.75) is 96.9 Å². The summed E-state index contributed by atoms with van der Waals surface area (Å²) >= 11 is 0. The number of hydrogen-bond donors (Lipinski definition) is 1. The number of nitrogens with one attached hydrogen (secondary N) is 1. The third kappa shape index (κ3) is 8.02. The second-order valence-corrected chi connectivity index (χ2v) is 13.3. The summed E-state index contributed by atoms with van der Waals surface area (Å²) in [6, 6.07) is 8.95. The van der Waals surface area contributed by atoms with Crippen molar-refractivity contribution in [1.82, 2.24) is 34.2 Å². The summed E-state index contributed by atoms with van der Waals surface area (Å²) in [5, 5.41) is 0. The van der Waals surface area contributed by atoms with Crippen LogP contribution in [0.25, 0.3) is 0 Å². The second kappa shape index (κ2) is 14.7. The van der Waals surface area contributed by atoms with Crippen LogP contribution in [0.4, 0.5) is 0 Å². The molecule has 242 valence electrons. The number of aromatic amines is 1. The first-order chi connectivity index (χ1) is 22.0. The molecule has 1 aromatic carbocycles. The number of H-pyrrole nitrogens is 1. The normalized spacial score (nSPS) is 19.2. The van der Waals surface area contributed by atoms with Gasteiger partial charge in [0.05, 0.1) is 26.1 Å². The average molecular weight is 616 g/mol. The van der Waals surface area contributed by atoms with E-state index in [0.29, 0.717) is 48.9 Å². The zero-order chi connectivity index (χ0) is 31.1. The quantitative estimate of drug-likeness (QED) is 0.286. The lowest BCUT2D eigenvalue weighted by molar-refractivity contribution is -0.143. The van der Waals surface area contributed by atoms with Crippen LogP contribution < -0.4 is 0 Å². The van der Waals surface area contributed by atoms with Gasteiger partial charge in [0.2, 0.25) is 0 Å². The minimum atomic E-state index is -0.245. The van der Waals surface area contributed by atoms with E-state index >= 15 is 0 Å². The van der Waals surface area contributed by atoms with Crippen molar-refractivity contribution in [1.29, 1.82) is 0 Å². The zero-order valence-electron chi connectivity index (χ0n) is 26.8. The minimum absolute atomic E-state index is 0.0808. The summed E-state index contributed by atoms with van der Waals surface area (Å²) < 4.78 is 6.99. The highest BCUT2D eigenvalue weighted by molar-refractivity contribution is 5.94. The van der Waals surface area contributed by atoms with Crippen molar-refractivity contribution < 1.29 is 14.3 Å². The molecule has 1 N–H and O–H groups in total. The van der Waals surface area contributed by atoms with Crippen LogP contribution in [-0.2, 0) is 35.7 Å². The average Bonchev–Trinajstić information content (AvgIpc) is 3.83. The van der Waals surface area contributed by atoms with Crippen LogP contribution in [0, 0.1) is 5.41 Å². The highest BCUT2D eigenvalue weighted by atomic mass is 16.5. The molecule has 3 aromatic rings. The van der Waals surface area contributed by atoms with Gasteiger partial charge in [0.25, 0.3) is 5.91 Å². The van der Waals surface area contributed by atoms with Gasteiger partial charge in [-0.1, -0.05) is 31.4 Å². The fourth-order valence-corrected chi connectivity index (χ4v) is 7.65. The summed E-state index contributed by atoms with van der Waals surface area (Å²) in [6.45, 7) is 9.04. The molecule has 0 unspecified atom stereocenters. The number of aromatic nitrogens is 4. The number of carbonyl (C=O) groups is 2. The van der Waals surface area contributed by atoms with Crippen molar-refractivity contribution in [2.24, 2.45) is 5.41 Å². The minimum Gasteiger partial charge on any atom is -0.466 e. The summed E-state index contributed by atoms with van der Waals surface area (Å²) in [7, 11) is 0. The molecule has 45 heavy (non-hydrogen) atoms. The molecule has 0 atom stereocenters. The Morgan fingerprint density at radius 3 is 2.51 bits per heavy atom. The Bertz CT molecular complexity index is 1370.